The lowest BCUT2D eigenvalue weighted by Crippen LogP contribution is -2.45. The highest BCUT2D eigenvalue weighted by atomic mass is 16.4. The standard InChI is InChI=1S/C10H17N3O5/c1-2-3-13(9(16)4-11-7-14)6-8(15)12-5-10(17)18/h7H,2-6H2,1H3,(H,11,14)(H,12,15)(H,17,18). The van der Waals surface area contributed by atoms with Crippen LogP contribution in [-0.2, 0) is 19.2 Å². The van der Waals surface area contributed by atoms with Crippen LogP contribution in [0.3, 0.4) is 0 Å². The molecule has 0 aliphatic rings. The van der Waals surface area contributed by atoms with Crippen LogP contribution in [0, 0.1) is 0 Å². The van der Waals surface area contributed by atoms with E-state index in [1.165, 1.54) is 4.90 Å². The van der Waals surface area contributed by atoms with Gasteiger partial charge in [0.15, 0.2) is 0 Å². The Hall–Kier alpha value is -2.12. The fourth-order valence-electron chi connectivity index (χ4n) is 1.21. The van der Waals surface area contributed by atoms with Crippen LogP contribution >= 0.6 is 0 Å². The van der Waals surface area contributed by atoms with Gasteiger partial charge in [0.05, 0.1) is 13.1 Å². The van der Waals surface area contributed by atoms with Crippen molar-refractivity contribution in [1.29, 1.82) is 0 Å². The van der Waals surface area contributed by atoms with Gasteiger partial charge in [-0.15, -0.1) is 0 Å². The minimum Gasteiger partial charge on any atom is -0.480 e. The van der Waals surface area contributed by atoms with E-state index in [9.17, 15) is 19.2 Å². The van der Waals surface area contributed by atoms with Crippen LogP contribution in [0.15, 0.2) is 0 Å². The summed E-state index contributed by atoms with van der Waals surface area (Å²) in [6.45, 7) is 1.30. The van der Waals surface area contributed by atoms with E-state index < -0.39 is 24.3 Å². The van der Waals surface area contributed by atoms with Crippen molar-refractivity contribution in [1.82, 2.24) is 15.5 Å². The summed E-state index contributed by atoms with van der Waals surface area (Å²) in [6, 6.07) is 0. The van der Waals surface area contributed by atoms with E-state index >= 15 is 0 Å². The Bertz CT molecular complexity index is 319. The number of aliphatic carboxylic acids is 1. The normalized spacial score (nSPS) is 9.39. The molecule has 0 atom stereocenters. The number of carboxylic acid groups (broad SMARTS) is 1. The molecule has 8 heteroatoms. The summed E-state index contributed by atoms with van der Waals surface area (Å²) < 4.78 is 0. The van der Waals surface area contributed by atoms with Crippen LogP contribution in [0.1, 0.15) is 13.3 Å². The lowest BCUT2D eigenvalue weighted by atomic mass is 10.3. The van der Waals surface area contributed by atoms with Crippen molar-refractivity contribution in [3.8, 4) is 0 Å². The smallest absolute Gasteiger partial charge is 0.322 e. The van der Waals surface area contributed by atoms with Gasteiger partial charge in [-0.05, 0) is 6.42 Å². The van der Waals surface area contributed by atoms with Crippen molar-refractivity contribution in [2.24, 2.45) is 0 Å². The van der Waals surface area contributed by atoms with Crippen LogP contribution in [0.5, 0.6) is 0 Å². The molecule has 8 nitrogen and oxygen atoms in total. The number of amides is 3. The molecule has 0 saturated heterocycles. The van der Waals surface area contributed by atoms with Gasteiger partial charge in [0, 0.05) is 6.54 Å². The van der Waals surface area contributed by atoms with E-state index in [2.05, 4.69) is 10.6 Å². The highest BCUT2D eigenvalue weighted by Crippen LogP contribution is 1.92. The number of hydrogen-bond acceptors (Lipinski definition) is 4. The molecule has 3 N–H and O–H groups in total. The van der Waals surface area contributed by atoms with Crippen LogP contribution in [0.25, 0.3) is 0 Å². The van der Waals surface area contributed by atoms with E-state index in [0.717, 1.165) is 0 Å². The SMILES string of the molecule is CCCN(CC(=O)NCC(=O)O)C(=O)CNC=O. The second-order valence-electron chi connectivity index (χ2n) is 3.48. The highest BCUT2D eigenvalue weighted by Gasteiger charge is 2.16. The monoisotopic (exact) mass is 259 g/mol. The van der Waals surface area contributed by atoms with E-state index in [1.54, 1.807) is 0 Å². The van der Waals surface area contributed by atoms with E-state index in [0.29, 0.717) is 19.4 Å². The van der Waals surface area contributed by atoms with Gasteiger partial charge < -0.3 is 20.6 Å². The zero-order valence-electron chi connectivity index (χ0n) is 10.1. The number of carbonyl (C=O) groups excluding carboxylic acids is 3. The maximum atomic E-state index is 11.6. The van der Waals surface area contributed by atoms with Gasteiger partial charge in [-0.3, -0.25) is 19.2 Å². The summed E-state index contributed by atoms with van der Waals surface area (Å²) in [5, 5.41) is 12.8. The topological polar surface area (TPSA) is 116 Å². The minimum atomic E-state index is -1.15. The predicted molar refractivity (Wildman–Crippen MR) is 61.6 cm³/mol. The molecule has 102 valence electrons. The lowest BCUT2D eigenvalue weighted by molar-refractivity contribution is -0.139. The number of rotatable bonds is 9. The molecule has 0 heterocycles. The summed E-state index contributed by atoms with van der Waals surface area (Å²) >= 11 is 0. The van der Waals surface area contributed by atoms with Crippen molar-refractivity contribution < 1.29 is 24.3 Å². The number of carboxylic acids is 1. The van der Waals surface area contributed by atoms with Gasteiger partial charge in [0.2, 0.25) is 18.2 Å². The number of nitrogens with zero attached hydrogens (tertiary/aromatic N) is 1. The van der Waals surface area contributed by atoms with Crippen LogP contribution in [0.4, 0.5) is 0 Å². The highest BCUT2D eigenvalue weighted by molar-refractivity contribution is 5.87. The van der Waals surface area contributed by atoms with Crippen LogP contribution < -0.4 is 10.6 Å². The van der Waals surface area contributed by atoms with Gasteiger partial charge >= 0.3 is 5.97 Å². The van der Waals surface area contributed by atoms with Crippen molar-refractivity contribution in [2.45, 2.75) is 13.3 Å². The van der Waals surface area contributed by atoms with E-state index in [4.69, 9.17) is 5.11 Å². The molecule has 0 aromatic heterocycles. The van der Waals surface area contributed by atoms with E-state index in [-0.39, 0.29) is 13.1 Å². The molecule has 0 aliphatic heterocycles. The Morgan fingerprint density at radius 2 is 1.94 bits per heavy atom. The Morgan fingerprint density at radius 3 is 2.44 bits per heavy atom. The molecule has 0 saturated carbocycles. The van der Waals surface area contributed by atoms with Gasteiger partial charge in [-0.1, -0.05) is 6.92 Å². The molecule has 0 aliphatic carbocycles. The molecule has 0 fully saturated rings. The third-order valence-corrected chi connectivity index (χ3v) is 1.95. The third kappa shape index (κ3) is 7.20. The molecule has 0 spiro atoms. The maximum absolute atomic E-state index is 11.6. The second kappa shape index (κ2) is 8.97. The third-order valence-electron chi connectivity index (χ3n) is 1.95. The Morgan fingerprint density at radius 1 is 1.28 bits per heavy atom. The Balaban J connectivity index is 4.24. The summed E-state index contributed by atoms with van der Waals surface area (Å²) in [7, 11) is 0. The van der Waals surface area contributed by atoms with Gasteiger partial charge in [0.1, 0.15) is 6.54 Å². The van der Waals surface area contributed by atoms with E-state index in [1.807, 2.05) is 6.92 Å². The fourth-order valence-corrected chi connectivity index (χ4v) is 1.21. The largest absolute Gasteiger partial charge is 0.480 e. The lowest BCUT2D eigenvalue weighted by Gasteiger charge is -2.21. The van der Waals surface area contributed by atoms with Crippen molar-refractivity contribution in [3.63, 3.8) is 0 Å². The molecule has 3 amide bonds. The van der Waals surface area contributed by atoms with Crippen molar-refractivity contribution in [3.05, 3.63) is 0 Å². The number of carbonyl (C=O) groups is 4. The first kappa shape index (κ1) is 15.9. The Kier molecular flexibility index (Phi) is 7.91. The summed E-state index contributed by atoms with van der Waals surface area (Å²) in [5.74, 6) is -2.10. The maximum Gasteiger partial charge on any atom is 0.322 e. The van der Waals surface area contributed by atoms with Gasteiger partial charge in [0.25, 0.3) is 0 Å². The van der Waals surface area contributed by atoms with Crippen LogP contribution in [-0.4, -0.2) is 60.4 Å². The molecular weight excluding hydrogens is 242 g/mol. The predicted octanol–water partition coefficient (Wildman–Crippen LogP) is -1.83. The first-order valence-corrected chi connectivity index (χ1v) is 5.44. The molecular formula is C10H17N3O5. The minimum absolute atomic E-state index is 0.185. The fraction of sp³-hybridized carbons (Fsp3) is 0.600. The molecule has 18 heavy (non-hydrogen) atoms. The van der Waals surface area contributed by atoms with Crippen molar-refractivity contribution in [2.75, 3.05) is 26.2 Å². The molecule has 0 aromatic rings. The molecule has 0 rings (SSSR count). The number of nitrogens with one attached hydrogen (secondary N) is 2. The molecule has 0 unspecified atom stereocenters. The molecule has 0 bridgehead atoms. The quantitative estimate of drug-likeness (QED) is 0.421. The zero-order valence-corrected chi connectivity index (χ0v) is 10.1. The average molecular weight is 259 g/mol. The first-order valence-electron chi connectivity index (χ1n) is 5.44. The Labute approximate surface area is 104 Å². The van der Waals surface area contributed by atoms with Crippen molar-refractivity contribution >= 4 is 24.2 Å². The summed E-state index contributed by atoms with van der Waals surface area (Å²) in [6.07, 6.45) is 1.05. The summed E-state index contributed by atoms with van der Waals surface area (Å²) in [4.78, 5) is 44.5. The summed E-state index contributed by atoms with van der Waals surface area (Å²) in [5.41, 5.74) is 0. The zero-order chi connectivity index (χ0) is 14.0. The van der Waals surface area contributed by atoms with Crippen LogP contribution in [0.2, 0.25) is 0 Å². The average Bonchev–Trinajstić information content (AvgIpc) is 2.32. The molecule has 0 aromatic carbocycles. The first-order chi connectivity index (χ1) is 8.51. The molecule has 0 radical (unpaired) electrons. The number of hydrogen-bond donors (Lipinski definition) is 3. The van der Waals surface area contributed by atoms with Gasteiger partial charge in [-0.25, -0.2) is 0 Å². The second-order valence-corrected chi connectivity index (χ2v) is 3.48. The van der Waals surface area contributed by atoms with Gasteiger partial charge in [-0.2, -0.15) is 0 Å².